The predicted molar refractivity (Wildman–Crippen MR) is 70.7 cm³/mol. The Labute approximate surface area is 107 Å². The lowest BCUT2D eigenvalue weighted by molar-refractivity contribution is -0.388. The zero-order valence-corrected chi connectivity index (χ0v) is 11.3. The second-order valence-electron chi connectivity index (χ2n) is 5.12. The highest BCUT2D eigenvalue weighted by Crippen LogP contribution is 2.22. The van der Waals surface area contributed by atoms with E-state index in [-0.39, 0.29) is 11.9 Å². The van der Waals surface area contributed by atoms with Crippen LogP contribution in [-0.4, -0.2) is 46.7 Å². The topological polar surface area (TPSA) is 87.1 Å². The smallest absolute Gasteiger partial charge is 0.366 e. The van der Waals surface area contributed by atoms with E-state index >= 15 is 0 Å². The van der Waals surface area contributed by atoms with E-state index in [0.717, 1.165) is 13.0 Å². The number of hydrogen-bond donors (Lipinski definition) is 2. The van der Waals surface area contributed by atoms with Gasteiger partial charge < -0.3 is 20.3 Å². The van der Waals surface area contributed by atoms with Crippen molar-refractivity contribution >= 4 is 11.5 Å². The Morgan fingerprint density at radius 3 is 2.72 bits per heavy atom. The summed E-state index contributed by atoms with van der Waals surface area (Å²) in [6.45, 7) is 5.09. The summed E-state index contributed by atoms with van der Waals surface area (Å²) in [5.41, 5.74) is 0.451. The molecule has 18 heavy (non-hydrogen) atoms. The van der Waals surface area contributed by atoms with E-state index in [9.17, 15) is 10.1 Å². The fraction of sp³-hybridized carbons (Fsp3) is 0.727. The number of nitrogens with one attached hydrogen (secondary N) is 2. The Balaban J connectivity index is 2.75. The van der Waals surface area contributed by atoms with Crippen molar-refractivity contribution < 1.29 is 4.92 Å². The highest BCUT2D eigenvalue weighted by atomic mass is 16.6. The van der Waals surface area contributed by atoms with Gasteiger partial charge >= 0.3 is 5.82 Å². The molecular weight excluding hydrogens is 234 g/mol. The van der Waals surface area contributed by atoms with Crippen molar-refractivity contribution in [1.29, 1.82) is 0 Å². The molecule has 0 fully saturated rings. The van der Waals surface area contributed by atoms with Crippen molar-refractivity contribution in [2.24, 2.45) is 5.92 Å². The summed E-state index contributed by atoms with van der Waals surface area (Å²) in [4.78, 5) is 12.4. The Bertz CT molecular complexity index is 379. The van der Waals surface area contributed by atoms with E-state index in [0.29, 0.717) is 11.6 Å². The van der Waals surface area contributed by atoms with Crippen molar-refractivity contribution in [3.8, 4) is 0 Å². The van der Waals surface area contributed by atoms with Crippen LogP contribution < -0.4 is 5.32 Å². The van der Waals surface area contributed by atoms with E-state index < -0.39 is 4.92 Å². The van der Waals surface area contributed by atoms with Crippen LogP contribution in [0.25, 0.3) is 0 Å². The molecule has 7 heteroatoms. The minimum Gasteiger partial charge on any atom is -0.373 e. The van der Waals surface area contributed by atoms with E-state index in [2.05, 4.69) is 34.3 Å². The summed E-state index contributed by atoms with van der Waals surface area (Å²) in [7, 11) is 3.97. The van der Waals surface area contributed by atoms with E-state index in [1.165, 1.54) is 6.20 Å². The number of hydrogen-bond acceptors (Lipinski definition) is 5. The molecule has 1 rings (SSSR count). The SMILES string of the molecule is CC(C)CC(CN(C)C)Nc1cn[nH]c1[N+](=O)[O-]. The van der Waals surface area contributed by atoms with Gasteiger partial charge in [-0.15, -0.1) is 5.10 Å². The largest absolute Gasteiger partial charge is 0.373 e. The summed E-state index contributed by atoms with van der Waals surface area (Å²) in [6.07, 6.45) is 2.40. The third-order valence-corrected chi connectivity index (χ3v) is 2.50. The minimum atomic E-state index is -0.461. The second kappa shape index (κ2) is 6.34. The van der Waals surface area contributed by atoms with Crippen LogP contribution in [0.3, 0.4) is 0 Å². The molecule has 0 saturated heterocycles. The number of H-pyrrole nitrogens is 1. The molecule has 1 unspecified atom stereocenters. The fourth-order valence-corrected chi connectivity index (χ4v) is 1.93. The number of likely N-dealkylation sites (N-methyl/N-ethyl adjacent to an activating group) is 1. The summed E-state index contributed by atoms with van der Waals surface area (Å²) >= 11 is 0. The Morgan fingerprint density at radius 2 is 2.22 bits per heavy atom. The van der Waals surface area contributed by atoms with Crippen molar-refractivity contribution in [2.75, 3.05) is 26.0 Å². The van der Waals surface area contributed by atoms with Crippen molar-refractivity contribution in [3.05, 3.63) is 16.3 Å². The maximum atomic E-state index is 10.8. The lowest BCUT2D eigenvalue weighted by Gasteiger charge is -2.23. The van der Waals surface area contributed by atoms with Crippen LogP contribution in [0, 0.1) is 16.0 Å². The van der Waals surface area contributed by atoms with Gasteiger partial charge in [0, 0.05) is 12.6 Å². The Kier molecular flexibility index (Phi) is 5.08. The monoisotopic (exact) mass is 255 g/mol. The molecule has 0 aliphatic carbocycles. The fourth-order valence-electron chi connectivity index (χ4n) is 1.93. The number of aromatic amines is 1. The van der Waals surface area contributed by atoms with Gasteiger partial charge in [-0.05, 0) is 31.4 Å². The molecule has 0 aliphatic rings. The van der Waals surface area contributed by atoms with Gasteiger partial charge in [-0.1, -0.05) is 18.9 Å². The molecule has 2 N–H and O–H groups in total. The first kappa shape index (κ1) is 14.4. The molecule has 0 radical (unpaired) electrons. The van der Waals surface area contributed by atoms with E-state index in [4.69, 9.17) is 0 Å². The minimum absolute atomic E-state index is 0.0810. The Hall–Kier alpha value is -1.63. The van der Waals surface area contributed by atoms with Gasteiger partial charge in [-0.25, -0.2) is 0 Å². The molecule has 102 valence electrons. The van der Waals surface area contributed by atoms with E-state index in [1.807, 2.05) is 14.1 Å². The van der Waals surface area contributed by atoms with Crippen LogP contribution in [0.5, 0.6) is 0 Å². The molecule has 0 saturated carbocycles. The first-order valence-electron chi connectivity index (χ1n) is 5.99. The van der Waals surface area contributed by atoms with Crippen molar-refractivity contribution in [2.45, 2.75) is 26.3 Å². The lowest BCUT2D eigenvalue weighted by atomic mass is 10.0. The molecule has 0 aromatic carbocycles. The van der Waals surface area contributed by atoms with Crippen LogP contribution in [0.2, 0.25) is 0 Å². The highest BCUT2D eigenvalue weighted by Gasteiger charge is 2.19. The third-order valence-electron chi connectivity index (χ3n) is 2.50. The van der Waals surface area contributed by atoms with Crippen LogP contribution in [0.1, 0.15) is 20.3 Å². The average Bonchev–Trinajstić information content (AvgIpc) is 2.63. The molecular formula is C11H21N5O2. The van der Waals surface area contributed by atoms with Gasteiger partial charge in [0.25, 0.3) is 0 Å². The summed E-state index contributed by atoms with van der Waals surface area (Å²) in [6, 6.07) is 0.163. The number of nitro groups is 1. The van der Waals surface area contributed by atoms with Gasteiger partial charge in [-0.3, -0.25) is 0 Å². The van der Waals surface area contributed by atoms with Crippen LogP contribution >= 0.6 is 0 Å². The van der Waals surface area contributed by atoms with Crippen LogP contribution in [0.4, 0.5) is 11.5 Å². The summed E-state index contributed by atoms with van der Waals surface area (Å²) < 4.78 is 0. The highest BCUT2D eigenvalue weighted by molar-refractivity contribution is 5.56. The van der Waals surface area contributed by atoms with Crippen molar-refractivity contribution in [3.63, 3.8) is 0 Å². The first-order chi connectivity index (χ1) is 8.40. The Morgan fingerprint density at radius 1 is 1.56 bits per heavy atom. The van der Waals surface area contributed by atoms with Gasteiger partial charge in [0.1, 0.15) is 6.20 Å². The van der Waals surface area contributed by atoms with Gasteiger partial charge in [0.2, 0.25) is 0 Å². The normalized spacial score (nSPS) is 13.0. The molecule has 0 bridgehead atoms. The molecule has 0 amide bonds. The lowest BCUT2D eigenvalue weighted by Crippen LogP contribution is -2.33. The molecule has 7 nitrogen and oxygen atoms in total. The zero-order chi connectivity index (χ0) is 13.7. The molecule has 1 aromatic rings. The second-order valence-corrected chi connectivity index (χ2v) is 5.12. The molecule has 1 aromatic heterocycles. The molecule has 0 spiro atoms. The van der Waals surface area contributed by atoms with Gasteiger partial charge in [-0.2, -0.15) is 0 Å². The predicted octanol–water partition coefficient (Wildman–Crippen LogP) is 1.71. The average molecular weight is 255 g/mol. The maximum Gasteiger partial charge on any atom is 0.366 e. The number of aromatic nitrogens is 2. The molecule has 0 aliphatic heterocycles. The zero-order valence-electron chi connectivity index (χ0n) is 11.3. The first-order valence-corrected chi connectivity index (χ1v) is 5.99. The van der Waals surface area contributed by atoms with Crippen LogP contribution in [-0.2, 0) is 0 Å². The number of rotatable bonds is 7. The molecule has 1 atom stereocenters. The number of anilines is 1. The van der Waals surface area contributed by atoms with Gasteiger partial charge in [0.05, 0.1) is 0 Å². The quantitative estimate of drug-likeness (QED) is 0.572. The van der Waals surface area contributed by atoms with Gasteiger partial charge in [0.15, 0.2) is 5.69 Å². The third kappa shape index (κ3) is 4.33. The summed E-state index contributed by atoms with van der Waals surface area (Å²) in [5, 5.41) is 20.1. The summed E-state index contributed by atoms with van der Waals surface area (Å²) in [5.74, 6) is 0.441. The van der Waals surface area contributed by atoms with E-state index in [1.54, 1.807) is 0 Å². The standard InChI is InChI=1S/C11H21N5O2/c1-8(2)5-9(7-15(3)4)13-10-6-12-14-11(10)16(17)18/h6,8-9,13H,5,7H2,1-4H3,(H,12,14). The number of nitrogens with zero attached hydrogens (tertiary/aromatic N) is 3. The van der Waals surface area contributed by atoms with Crippen molar-refractivity contribution in [1.82, 2.24) is 15.1 Å². The maximum absolute atomic E-state index is 10.8. The van der Waals surface area contributed by atoms with Crippen LogP contribution in [0.15, 0.2) is 6.20 Å². The molecule has 1 heterocycles.